The molecule has 0 unspecified atom stereocenters. The molecule has 0 atom stereocenters. The van der Waals surface area contributed by atoms with E-state index in [9.17, 15) is 0 Å². The Morgan fingerprint density at radius 3 is 2.67 bits per heavy atom. The molecule has 21 heavy (non-hydrogen) atoms. The van der Waals surface area contributed by atoms with E-state index < -0.39 is 0 Å². The molecule has 3 heteroatoms. The minimum atomic E-state index is 0.588. The summed E-state index contributed by atoms with van der Waals surface area (Å²) < 4.78 is 2.37. The summed E-state index contributed by atoms with van der Waals surface area (Å²) in [5, 5.41) is 0. The van der Waals surface area contributed by atoms with Crippen LogP contribution in [0.25, 0.3) is 11.2 Å². The number of hydrogen-bond acceptors (Lipinski definition) is 2. The third-order valence-electron chi connectivity index (χ3n) is 4.44. The van der Waals surface area contributed by atoms with Gasteiger partial charge >= 0.3 is 0 Å². The van der Waals surface area contributed by atoms with Gasteiger partial charge in [0.05, 0.1) is 0 Å². The highest BCUT2D eigenvalue weighted by atomic mass is 15.2. The van der Waals surface area contributed by atoms with Gasteiger partial charge < -0.3 is 4.57 Å². The maximum Gasteiger partial charge on any atom is 0.160 e. The van der Waals surface area contributed by atoms with Crippen LogP contribution in [-0.2, 0) is 6.42 Å². The standard InChI is InChI=1S/C18H19N3/c1-13-7-9-14(10-8-13)12-17-20-16-6-3-11-19-18(16)21(17)15-4-2-5-15/h3,6-11,15H,2,4-5,12H2,1H3. The van der Waals surface area contributed by atoms with E-state index in [1.807, 2.05) is 12.3 Å². The number of aromatic nitrogens is 3. The highest BCUT2D eigenvalue weighted by molar-refractivity contribution is 5.71. The van der Waals surface area contributed by atoms with Crippen LogP contribution in [0.5, 0.6) is 0 Å². The van der Waals surface area contributed by atoms with Crippen molar-refractivity contribution >= 4 is 11.2 Å². The second-order valence-electron chi connectivity index (χ2n) is 5.99. The van der Waals surface area contributed by atoms with E-state index in [1.165, 1.54) is 30.4 Å². The molecular weight excluding hydrogens is 258 g/mol. The summed E-state index contributed by atoms with van der Waals surface area (Å²) in [7, 11) is 0. The molecule has 2 heterocycles. The molecule has 2 aromatic heterocycles. The molecule has 1 saturated carbocycles. The van der Waals surface area contributed by atoms with Crippen molar-refractivity contribution in [2.24, 2.45) is 0 Å². The Morgan fingerprint density at radius 1 is 1.14 bits per heavy atom. The van der Waals surface area contributed by atoms with Gasteiger partial charge in [-0.25, -0.2) is 9.97 Å². The molecule has 106 valence electrons. The Hall–Kier alpha value is -2.16. The number of aryl methyl sites for hydroxylation is 1. The van der Waals surface area contributed by atoms with Crippen LogP contribution in [0.4, 0.5) is 0 Å². The van der Waals surface area contributed by atoms with Gasteiger partial charge in [-0.3, -0.25) is 0 Å². The Bertz CT molecular complexity index is 767. The second kappa shape index (κ2) is 4.99. The summed E-state index contributed by atoms with van der Waals surface area (Å²) in [4.78, 5) is 9.39. The van der Waals surface area contributed by atoms with Gasteiger partial charge in [0.25, 0.3) is 0 Å². The van der Waals surface area contributed by atoms with Crippen molar-refractivity contribution in [3.05, 3.63) is 59.5 Å². The van der Waals surface area contributed by atoms with E-state index in [1.54, 1.807) is 0 Å². The molecule has 0 amide bonds. The van der Waals surface area contributed by atoms with Gasteiger partial charge in [-0.15, -0.1) is 0 Å². The fourth-order valence-corrected chi connectivity index (χ4v) is 3.02. The highest BCUT2D eigenvalue weighted by Crippen LogP contribution is 2.35. The molecule has 0 spiro atoms. The Labute approximate surface area is 124 Å². The van der Waals surface area contributed by atoms with Crippen LogP contribution in [0.1, 0.15) is 42.3 Å². The summed E-state index contributed by atoms with van der Waals surface area (Å²) in [6, 6.07) is 13.4. The largest absolute Gasteiger partial charge is 0.309 e. The number of hydrogen-bond donors (Lipinski definition) is 0. The van der Waals surface area contributed by atoms with E-state index in [2.05, 4.69) is 46.8 Å². The topological polar surface area (TPSA) is 30.7 Å². The molecule has 0 radical (unpaired) electrons. The summed E-state index contributed by atoms with van der Waals surface area (Å²) in [5.74, 6) is 1.15. The molecule has 1 fully saturated rings. The van der Waals surface area contributed by atoms with Gasteiger partial charge in [-0.1, -0.05) is 29.8 Å². The molecular formula is C18H19N3. The van der Waals surface area contributed by atoms with Crippen molar-refractivity contribution in [3.63, 3.8) is 0 Å². The first-order valence-electron chi connectivity index (χ1n) is 7.68. The molecule has 0 saturated heterocycles. The smallest absolute Gasteiger partial charge is 0.160 e. The average Bonchev–Trinajstić information content (AvgIpc) is 2.78. The summed E-state index contributed by atoms with van der Waals surface area (Å²) in [6.45, 7) is 2.12. The summed E-state index contributed by atoms with van der Waals surface area (Å²) in [5.41, 5.74) is 4.68. The van der Waals surface area contributed by atoms with Crippen molar-refractivity contribution in [1.29, 1.82) is 0 Å². The lowest BCUT2D eigenvalue weighted by Gasteiger charge is -2.28. The van der Waals surface area contributed by atoms with E-state index >= 15 is 0 Å². The van der Waals surface area contributed by atoms with E-state index in [-0.39, 0.29) is 0 Å². The third kappa shape index (κ3) is 2.23. The first-order chi connectivity index (χ1) is 10.3. The van der Waals surface area contributed by atoms with E-state index in [0.717, 1.165) is 23.4 Å². The summed E-state index contributed by atoms with van der Waals surface area (Å²) in [6.07, 6.45) is 6.58. The quantitative estimate of drug-likeness (QED) is 0.723. The van der Waals surface area contributed by atoms with Gasteiger partial charge in [0.15, 0.2) is 5.65 Å². The van der Waals surface area contributed by atoms with Crippen LogP contribution in [0.2, 0.25) is 0 Å². The van der Waals surface area contributed by atoms with Gasteiger partial charge in [-0.2, -0.15) is 0 Å². The molecule has 3 aromatic rings. The van der Waals surface area contributed by atoms with Crippen molar-refractivity contribution < 1.29 is 0 Å². The second-order valence-corrected chi connectivity index (χ2v) is 5.99. The third-order valence-corrected chi connectivity index (χ3v) is 4.44. The molecule has 0 bridgehead atoms. The van der Waals surface area contributed by atoms with Gasteiger partial charge in [-0.05, 0) is 43.9 Å². The van der Waals surface area contributed by atoms with Gasteiger partial charge in [0, 0.05) is 18.7 Å². The number of fused-ring (bicyclic) bond motifs is 1. The monoisotopic (exact) mass is 277 g/mol. The van der Waals surface area contributed by atoms with Crippen molar-refractivity contribution in [3.8, 4) is 0 Å². The normalized spacial score (nSPS) is 15.3. The number of imidazole rings is 1. The van der Waals surface area contributed by atoms with E-state index in [4.69, 9.17) is 4.98 Å². The zero-order valence-electron chi connectivity index (χ0n) is 12.3. The van der Waals surface area contributed by atoms with Gasteiger partial charge in [0.1, 0.15) is 11.3 Å². The van der Waals surface area contributed by atoms with Crippen LogP contribution >= 0.6 is 0 Å². The Balaban J connectivity index is 1.78. The average molecular weight is 277 g/mol. The predicted octanol–water partition coefficient (Wildman–Crippen LogP) is 4.06. The fourth-order valence-electron chi connectivity index (χ4n) is 3.02. The molecule has 1 aliphatic carbocycles. The van der Waals surface area contributed by atoms with Crippen LogP contribution < -0.4 is 0 Å². The van der Waals surface area contributed by atoms with Gasteiger partial charge in [0.2, 0.25) is 0 Å². The highest BCUT2D eigenvalue weighted by Gasteiger charge is 2.25. The lowest BCUT2D eigenvalue weighted by molar-refractivity contribution is 0.313. The Morgan fingerprint density at radius 2 is 1.95 bits per heavy atom. The number of benzene rings is 1. The minimum Gasteiger partial charge on any atom is -0.309 e. The zero-order valence-corrected chi connectivity index (χ0v) is 12.3. The molecule has 1 aromatic carbocycles. The maximum atomic E-state index is 4.83. The SMILES string of the molecule is Cc1ccc(Cc2nc3cccnc3n2C2CCC2)cc1. The predicted molar refractivity (Wildman–Crippen MR) is 84.4 cm³/mol. The zero-order chi connectivity index (χ0) is 14.2. The summed E-state index contributed by atoms with van der Waals surface area (Å²) >= 11 is 0. The van der Waals surface area contributed by atoms with Crippen LogP contribution in [0, 0.1) is 6.92 Å². The van der Waals surface area contributed by atoms with Crippen LogP contribution in [0.15, 0.2) is 42.6 Å². The number of nitrogens with zero attached hydrogens (tertiary/aromatic N) is 3. The molecule has 0 N–H and O–H groups in total. The first kappa shape index (κ1) is 12.6. The molecule has 0 aliphatic heterocycles. The van der Waals surface area contributed by atoms with Crippen molar-refractivity contribution in [1.82, 2.24) is 14.5 Å². The van der Waals surface area contributed by atoms with Crippen LogP contribution in [0.3, 0.4) is 0 Å². The van der Waals surface area contributed by atoms with E-state index in [0.29, 0.717) is 6.04 Å². The number of pyridine rings is 1. The Kier molecular flexibility index (Phi) is 2.99. The number of rotatable bonds is 3. The molecule has 3 nitrogen and oxygen atoms in total. The minimum absolute atomic E-state index is 0.588. The fraction of sp³-hybridized carbons (Fsp3) is 0.333. The maximum absolute atomic E-state index is 4.83. The van der Waals surface area contributed by atoms with Crippen LogP contribution in [-0.4, -0.2) is 14.5 Å². The lowest BCUT2D eigenvalue weighted by atomic mass is 9.92. The molecule has 4 rings (SSSR count). The molecule has 1 aliphatic rings. The lowest BCUT2D eigenvalue weighted by Crippen LogP contribution is -2.19. The first-order valence-corrected chi connectivity index (χ1v) is 7.68. The van der Waals surface area contributed by atoms with Crippen molar-refractivity contribution in [2.45, 2.75) is 38.6 Å². The van der Waals surface area contributed by atoms with Crippen molar-refractivity contribution in [2.75, 3.05) is 0 Å².